The number of hydrogen-bond acceptors (Lipinski definition) is 6. The molecule has 3 atom stereocenters. The third-order valence-electron chi connectivity index (χ3n) is 6.55. The summed E-state index contributed by atoms with van der Waals surface area (Å²) in [6, 6.07) is 7.29. The molecule has 1 aliphatic carbocycles. The van der Waals surface area contributed by atoms with Crippen molar-refractivity contribution < 1.29 is 0 Å². The fourth-order valence-electron chi connectivity index (χ4n) is 4.93. The van der Waals surface area contributed by atoms with E-state index in [4.69, 9.17) is 22.3 Å². The van der Waals surface area contributed by atoms with Crippen LogP contribution < -0.4 is 11.1 Å². The van der Waals surface area contributed by atoms with E-state index in [1.165, 1.54) is 17.8 Å². The van der Waals surface area contributed by atoms with Gasteiger partial charge in [0.15, 0.2) is 11.6 Å². The molecule has 1 aromatic heterocycles. The second-order valence-electron chi connectivity index (χ2n) is 8.46. The summed E-state index contributed by atoms with van der Waals surface area (Å²) < 4.78 is 2.16. The maximum atomic E-state index is 6.50. The Kier molecular flexibility index (Phi) is 4.40. The van der Waals surface area contributed by atoms with Crippen LogP contribution in [-0.4, -0.2) is 38.1 Å². The Morgan fingerprint density at radius 3 is 2.83 bits per heavy atom. The van der Waals surface area contributed by atoms with Crippen LogP contribution in [0.25, 0.3) is 0 Å². The largest absolute Gasteiger partial charge is 0.349 e. The summed E-state index contributed by atoms with van der Waals surface area (Å²) in [5, 5.41) is 13.0. The number of nitrogens with one attached hydrogen (secondary N) is 1. The van der Waals surface area contributed by atoms with E-state index in [-0.39, 0.29) is 11.6 Å². The van der Waals surface area contributed by atoms with Crippen LogP contribution in [0.2, 0.25) is 5.02 Å². The third-order valence-corrected chi connectivity index (χ3v) is 6.80. The van der Waals surface area contributed by atoms with Gasteiger partial charge in [-0.1, -0.05) is 30.7 Å². The Bertz CT molecular complexity index is 993. The van der Waals surface area contributed by atoms with Crippen LogP contribution in [0.5, 0.6) is 0 Å². The Hall–Kier alpha value is -2.38. The molecule has 2 unspecified atom stereocenters. The van der Waals surface area contributed by atoms with Crippen molar-refractivity contribution in [1.29, 1.82) is 0 Å². The number of hydrogen-bond donors (Lipinski definition) is 2. The van der Waals surface area contributed by atoms with Gasteiger partial charge in [0, 0.05) is 23.7 Å². The molecule has 0 amide bonds. The third kappa shape index (κ3) is 3.04. The lowest BCUT2D eigenvalue weighted by Crippen LogP contribution is -2.44. The summed E-state index contributed by atoms with van der Waals surface area (Å²) in [6.07, 6.45) is 4.14. The average molecular weight is 412 g/mol. The van der Waals surface area contributed by atoms with Crippen molar-refractivity contribution in [3.05, 3.63) is 57.9 Å². The number of fused-ring (bicyclic) bond motifs is 2. The minimum atomic E-state index is -0.319. The van der Waals surface area contributed by atoms with Gasteiger partial charge >= 0.3 is 0 Å². The number of rotatable bonds is 3. The zero-order chi connectivity index (χ0) is 20.2. The number of aromatic nitrogens is 3. The van der Waals surface area contributed by atoms with Gasteiger partial charge in [0.1, 0.15) is 5.82 Å². The van der Waals surface area contributed by atoms with E-state index in [1.807, 2.05) is 30.6 Å². The topological polar surface area (TPSA) is 84.4 Å². The molecule has 152 valence electrons. The van der Waals surface area contributed by atoms with Crippen molar-refractivity contribution in [2.45, 2.75) is 51.4 Å². The van der Waals surface area contributed by atoms with Gasteiger partial charge in [-0.15, -0.1) is 10.2 Å². The van der Waals surface area contributed by atoms with E-state index >= 15 is 0 Å². The molecule has 2 aliphatic heterocycles. The van der Waals surface area contributed by atoms with Gasteiger partial charge in [0.2, 0.25) is 0 Å². The van der Waals surface area contributed by atoms with Gasteiger partial charge in [-0.25, -0.2) is 0 Å². The molecule has 3 aliphatic rings. The van der Waals surface area contributed by atoms with Crippen LogP contribution in [0.3, 0.4) is 0 Å². The van der Waals surface area contributed by atoms with Crippen molar-refractivity contribution in [1.82, 2.24) is 25.0 Å². The molecule has 5 rings (SSSR count). The molecular weight excluding hydrogens is 386 g/mol. The van der Waals surface area contributed by atoms with Gasteiger partial charge in [-0.3, -0.25) is 4.99 Å². The standard InChI is InChI=1S/C21H26ClN7/c1-13-7-8-21(2)17(13)19(24-12-25-21)28-9-10-29-16(11-28)26-27-20(29)18(23)14-3-5-15(22)6-4-14/h3-6,12-13,18H,7-11,23H2,1-2H3,(H,24,25)/t13-,18?,21?/m1/s1. The highest BCUT2D eigenvalue weighted by Gasteiger charge is 2.43. The lowest BCUT2D eigenvalue weighted by molar-refractivity contribution is 0.251. The number of nitrogens with two attached hydrogens (primary N) is 1. The van der Waals surface area contributed by atoms with Crippen molar-refractivity contribution in [3.63, 3.8) is 0 Å². The molecule has 0 radical (unpaired) electrons. The molecule has 0 spiro atoms. The van der Waals surface area contributed by atoms with Crippen LogP contribution in [0.1, 0.15) is 49.9 Å². The van der Waals surface area contributed by atoms with Gasteiger partial charge < -0.3 is 20.5 Å². The van der Waals surface area contributed by atoms with Crippen molar-refractivity contribution in [3.8, 4) is 0 Å². The zero-order valence-corrected chi connectivity index (χ0v) is 17.5. The maximum absolute atomic E-state index is 6.50. The van der Waals surface area contributed by atoms with E-state index in [9.17, 15) is 0 Å². The summed E-state index contributed by atoms with van der Waals surface area (Å²) in [7, 11) is 0. The highest BCUT2D eigenvalue weighted by molar-refractivity contribution is 6.30. The lowest BCUT2D eigenvalue weighted by atomic mass is 9.91. The minimum Gasteiger partial charge on any atom is -0.349 e. The number of aliphatic imine (C=N–C) groups is 1. The van der Waals surface area contributed by atoms with E-state index in [1.54, 1.807) is 0 Å². The summed E-state index contributed by atoms with van der Waals surface area (Å²) >= 11 is 6.01. The first-order valence-electron chi connectivity index (χ1n) is 10.2. The van der Waals surface area contributed by atoms with Crippen LogP contribution in [-0.2, 0) is 13.1 Å². The molecular formula is C21H26ClN7. The van der Waals surface area contributed by atoms with Crippen LogP contribution in [0.4, 0.5) is 0 Å². The fourth-order valence-corrected chi connectivity index (χ4v) is 5.05. The Morgan fingerprint density at radius 1 is 1.24 bits per heavy atom. The Labute approximate surface area is 175 Å². The predicted octanol–water partition coefficient (Wildman–Crippen LogP) is 2.83. The molecule has 2 aromatic rings. The molecule has 1 aromatic carbocycles. The molecule has 0 saturated heterocycles. The van der Waals surface area contributed by atoms with Crippen LogP contribution in [0, 0.1) is 5.92 Å². The second-order valence-corrected chi connectivity index (χ2v) is 8.89. The monoisotopic (exact) mass is 411 g/mol. The normalized spacial score (nSPS) is 26.9. The second kappa shape index (κ2) is 6.85. The smallest absolute Gasteiger partial charge is 0.154 e. The highest BCUT2D eigenvalue weighted by Crippen LogP contribution is 2.45. The Balaban J connectivity index is 1.42. The molecule has 3 N–H and O–H groups in total. The van der Waals surface area contributed by atoms with Crippen molar-refractivity contribution in [2.24, 2.45) is 16.6 Å². The van der Waals surface area contributed by atoms with Gasteiger partial charge in [-0.2, -0.15) is 0 Å². The zero-order valence-electron chi connectivity index (χ0n) is 16.8. The lowest BCUT2D eigenvalue weighted by Gasteiger charge is -2.38. The molecule has 0 bridgehead atoms. The van der Waals surface area contributed by atoms with Crippen molar-refractivity contribution >= 4 is 17.9 Å². The molecule has 1 fully saturated rings. The van der Waals surface area contributed by atoms with E-state index in [2.05, 4.69) is 38.8 Å². The SMILES string of the molecule is C[C@@H]1CCC2(C)N=CNC(N3CCn4c(nnc4C(N)c4ccc(Cl)cc4)C3)=C12. The molecule has 7 nitrogen and oxygen atoms in total. The summed E-state index contributed by atoms with van der Waals surface area (Å²) in [6.45, 7) is 6.95. The van der Waals surface area contributed by atoms with Crippen molar-refractivity contribution in [2.75, 3.05) is 6.54 Å². The fraction of sp³-hybridized carbons (Fsp3) is 0.476. The summed E-state index contributed by atoms with van der Waals surface area (Å²) in [5.74, 6) is 3.48. The first kappa shape index (κ1) is 18.6. The van der Waals surface area contributed by atoms with Gasteiger partial charge in [-0.05, 0) is 43.4 Å². The molecule has 1 saturated carbocycles. The predicted molar refractivity (Wildman–Crippen MR) is 113 cm³/mol. The Morgan fingerprint density at radius 2 is 2.03 bits per heavy atom. The van der Waals surface area contributed by atoms with Crippen LogP contribution >= 0.6 is 11.6 Å². The van der Waals surface area contributed by atoms with E-state index < -0.39 is 0 Å². The highest BCUT2D eigenvalue weighted by atomic mass is 35.5. The summed E-state index contributed by atoms with van der Waals surface area (Å²) in [5.41, 5.74) is 8.83. The molecule has 8 heteroatoms. The first-order chi connectivity index (χ1) is 14.0. The first-order valence-corrected chi connectivity index (χ1v) is 10.6. The average Bonchev–Trinajstić information content (AvgIpc) is 3.28. The van der Waals surface area contributed by atoms with E-state index in [0.29, 0.717) is 17.5 Å². The number of halogens is 1. The quantitative estimate of drug-likeness (QED) is 0.811. The van der Waals surface area contributed by atoms with Gasteiger partial charge in [0.05, 0.1) is 24.5 Å². The van der Waals surface area contributed by atoms with E-state index in [0.717, 1.165) is 36.7 Å². The number of nitrogens with zero attached hydrogens (tertiary/aromatic N) is 5. The number of benzene rings is 1. The van der Waals surface area contributed by atoms with Crippen LogP contribution in [0.15, 0.2) is 40.7 Å². The van der Waals surface area contributed by atoms with Gasteiger partial charge in [0.25, 0.3) is 0 Å². The maximum Gasteiger partial charge on any atom is 0.154 e. The minimum absolute atomic E-state index is 0.0762. The summed E-state index contributed by atoms with van der Waals surface area (Å²) in [4.78, 5) is 7.13. The molecule has 3 heterocycles. The molecule has 29 heavy (non-hydrogen) atoms.